The topological polar surface area (TPSA) is 36.9 Å². The molecule has 0 aromatic heterocycles. The smallest absolute Gasteiger partial charge is 0.157 e. The van der Waals surface area contributed by atoms with Crippen molar-refractivity contribution < 1.29 is 18.9 Å². The van der Waals surface area contributed by atoms with Gasteiger partial charge in [-0.05, 0) is 25.7 Å². The van der Waals surface area contributed by atoms with Gasteiger partial charge in [-0.1, -0.05) is 26.7 Å². The summed E-state index contributed by atoms with van der Waals surface area (Å²) in [5.41, 5.74) is 0. The number of hydrogen-bond acceptors (Lipinski definition) is 4. The molecule has 20 heavy (non-hydrogen) atoms. The molecule has 0 aliphatic carbocycles. The molecule has 118 valence electrons. The molecule has 0 atom stereocenters. The van der Waals surface area contributed by atoms with Gasteiger partial charge in [-0.25, -0.2) is 0 Å². The van der Waals surface area contributed by atoms with E-state index in [9.17, 15) is 0 Å². The quantitative estimate of drug-likeness (QED) is 0.719. The molecule has 2 aliphatic heterocycles. The van der Waals surface area contributed by atoms with Crippen molar-refractivity contribution in [2.75, 3.05) is 26.4 Å². The lowest BCUT2D eigenvalue weighted by Crippen LogP contribution is -2.35. The van der Waals surface area contributed by atoms with Crippen molar-refractivity contribution in [3.63, 3.8) is 0 Å². The average Bonchev–Trinajstić information content (AvgIpc) is 2.49. The van der Waals surface area contributed by atoms with E-state index < -0.39 is 0 Å². The molecule has 0 saturated carbocycles. The zero-order valence-electron chi connectivity index (χ0n) is 13.0. The molecule has 0 amide bonds. The maximum atomic E-state index is 5.79. The van der Waals surface area contributed by atoms with E-state index in [1.54, 1.807) is 0 Å². The fourth-order valence-corrected chi connectivity index (χ4v) is 2.85. The van der Waals surface area contributed by atoms with Crippen LogP contribution in [-0.2, 0) is 18.9 Å². The number of hydrogen-bond donors (Lipinski definition) is 0. The maximum Gasteiger partial charge on any atom is 0.157 e. The van der Waals surface area contributed by atoms with Gasteiger partial charge >= 0.3 is 0 Å². The third kappa shape index (κ3) is 5.32. The molecule has 4 nitrogen and oxygen atoms in total. The lowest BCUT2D eigenvalue weighted by Gasteiger charge is -2.32. The van der Waals surface area contributed by atoms with Gasteiger partial charge in [-0.2, -0.15) is 0 Å². The third-order valence-electron chi connectivity index (χ3n) is 4.10. The van der Waals surface area contributed by atoms with E-state index in [2.05, 4.69) is 13.8 Å². The fraction of sp³-hybridized carbons (Fsp3) is 1.00. The minimum atomic E-state index is -0.0172. The van der Waals surface area contributed by atoms with Crippen molar-refractivity contribution in [1.29, 1.82) is 0 Å². The second-order valence-electron chi connectivity index (χ2n) is 6.08. The Morgan fingerprint density at radius 3 is 1.55 bits per heavy atom. The van der Waals surface area contributed by atoms with Gasteiger partial charge in [0.2, 0.25) is 0 Å². The van der Waals surface area contributed by atoms with Crippen LogP contribution < -0.4 is 0 Å². The van der Waals surface area contributed by atoms with Crippen LogP contribution in [-0.4, -0.2) is 39.0 Å². The van der Waals surface area contributed by atoms with Crippen LogP contribution in [0, 0.1) is 11.8 Å². The number of ether oxygens (including phenoxy) is 4. The molecule has 4 heteroatoms. The van der Waals surface area contributed by atoms with Crippen molar-refractivity contribution in [1.82, 2.24) is 0 Å². The molecule has 2 aliphatic rings. The second kappa shape index (κ2) is 8.98. The molecule has 0 bridgehead atoms. The van der Waals surface area contributed by atoms with Gasteiger partial charge < -0.3 is 18.9 Å². The van der Waals surface area contributed by atoms with Gasteiger partial charge in [0.15, 0.2) is 12.6 Å². The van der Waals surface area contributed by atoms with E-state index in [-0.39, 0.29) is 12.6 Å². The molecule has 2 saturated heterocycles. The van der Waals surface area contributed by atoms with E-state index in [1.807, 2.05) is 0 Å². The molecule has 0 unspecified atom stereocenters. The summed E-state index contributed by atoms with van der Waals surface area (Å²) >= 11 is 0. The highest BCUT2D eigenvalue weighted by atomic mass is 16.7. The van der Waals surface area contributed by atoms with Gasteiger partial charge in [-0.3, -0.25) is 0 Å². The van der Waals surface area contributed by atoms with Crippen molar-refractivity contribution in [2.45, 2.75) is 65.0 Å². The van der Waals surface area contributed by atoms with Gasteiger partial charge in [-0.15, -0.1) is 0 Å². The number of rotatable bonds is 7. The largest absolute Gasteiger partial charge is 0.352 e. The zero-order chi connectivity index (χ0) is 14.2. The third-order valence-corrected chi connectivity index (χ3v) is 4.10. The lowest BCUT2D eigenvalue weighted by atomic mass is 10.0. The Bertz CT molecular complexity index is 217. The lowest BCUT2D eigenvalue weighted by molar-refractivity contribution is -0.219. The summed E-state index contributed by atoms with van der Waals surface area (Å²) in [5.74, 6) is 1.08. The Labute approximate surface area is 123 Å². The first-order valence-electron chi connectivity index (χ1n) is 8.28. The Morgan fingerprint density at radius 2 is 1.05 bits per heavy atom. The normalized spacial score (nSPS) is 35.1. The van der Waals surface area contributed by atoms with Crippen LogP contribution >= 0.6 is 0 Å². The van der Waals surface area contributed by atoms with Crippen LogP contribution in [0.5, 0.6) is 0 Å². The first-order valence-corrected chi connectivity index (χ1v) is 8.28. The van der Waals surface area contributed by atoms with Crippen molar-refractivity contribution in [3.05, 3.63) is 0 Å². The first kappa shape index (κ1) is 16.2. The van der Waals surface area contributed by atoms with E-state index >= 15 is 0 Å². The zero-order valence-corrected chi connectivity index (χ0v) is 13.0. The highest BCUT2D eigenvalue weighted by molar-refractivity contribution is 4.67. The van der Waals surface area contributed by atoms with Gasteiger partial charge in [0.05, 0.1) is 26.4 Å². The summed E-state index contributed by atoms with van der Waals surface area (Å²) in [5, 5.41) is 0. The van der Waals surface area contributed by atoms with Crippen LogP contribution in [0.25, 0.3) is 0 Å². The van der Waals surface area contributed by atoms with Crippen LogP contribution in [0.15, 0.2) is 0 Å². The second-order valence-corrected chi connectivity index (χ2v) is 6.08. The average molecular weight is 286 g/mol. The van der Waals surface area contributed by atoms with E-state index in [4.69, 9.17) is 18.9 Å². The SMILES string of the molecule is CCCC1COC(CCC2COC(CCC)OC2)OC1. The maximum absolute atomic E-state index is 5.79. The molecule has 0 N–H and O–H groups in total. The molecule has 0 radical (unpaired) electrons. The van der Waals surface area contributed by atoms with Crippen LogP contribution in [0.4, 0.5) is 0 Å². The van der Waals surface area contributed by atoms with Crippen molar-refractivity contribution >= 4 is 0 Å². The van der Waals surface area contributed by atoms with Crippen LogP contribution in [0.2, 0.25) is 0 Å². The molecule has 0 spiro atoms. The van der Waals surface area contributed by atoms with Crippen LogP contribution in [0.3, 0.4) is 0 Å². The molecule has 2 fully saturated rings. The molecular formula is C16H30O4. The summed E-state index contributed by atoms with van der Waals surface area (Å²) in [6, 6.07) is 0. The molecule has 0 aromatic carbocycles. The minimum Gasteiger partial charge on any atom is -0.352 e. The summed E-state index contributed by atoms with van der Waals surface area (Å²) in [6.07, 6.45) is 6.53. The highest BCUT2D eigenvalue weighted by Crippen LogP contribution is 2.23. The molecular weight excluding hydrogens is 256 g/mol. The minimum absolute atomic E-state index is 0.0172. The summed E-state index contributed by atoms with van der Waals surface area (Å²) in [4.78, 5) is 0. The predicted octanol–water partition coefficient (Wildman–Crippen LogP) is 3.35. The first-order chi connectivity index (χ1) is 9.81. The van der Waals surface area contributed by atoms with E-state index in [0.29, 0.717) is 11.8 Å². The summed E-state index contributed by atoms with van der Waals surface area (Å²) < 4.78 is 23.0. The monoisotopic (exact) mass is 286 g/mol. The van der Waals surface area contributed by atoms with Gasteiger partial charge in [0.1, 0.15) is 0 Å². The van der Waals surface area contributed by atoms with Crippen molar-refractivity contribution in [2.24, 2.45) is 11.8 Å². The van der Waals surface area contributed by atoms with Crippen molar-refractivity contribution in [3.8, 4) is 0 Å². The highest BCUT2D eigenvalue weighted by Gasteiger charge is 2.25. The van der Waals surface area contributed by atoms with Gasteiger partial charge in [0.25, 0.3) is 0 Å². The molecule has 2 rings (SSSR count). The standard InChI is InChI=1S/C16H30O4/c1-3-5-13-9-19-16(20-10-13)8-7-14-11-17-15(6-4-2)18-12-14/h13-16H,3-12H2,1-2H3. The Balaban J connectivity index is 1.55. The Hall–Kier alpha value is -0.160. The summed E-state index contributed by atoms with van der Waals surface area (Å²) in [6.45, 7) is 7.71. The van der Waals surface area contributed by atoms with E-state index in [0.717, 1.165) is 52.1 Å². The Kier molecular flexibility index (Phi) is 7.28. The predicted molar refractivity (Wildman–Crippen MR) is 77.4 cm³/mol. The molecule has 0 aromatic rings. The summed E-state index contributed by atoms with van der Waals surface area (Å²) in [7, 11) is 0. The van der Waals surface area contributed by atoms with Crippen LogP contribution in [0.1, 0.15) is 52.4 Å². The van der Waals surface area contributed by atoms with Gasteiger partial charge in [0, 0.05) is 11.8 Å². The fourth-order valence-electron chi connectivity index (χ4n) is 2.85. The molecule has 2 heterocycles. The Morgan fingerprint density at radius 1 is 0.600 bits per heavy atom. The van der Waals surface area contributed by atoms with E-state index in [1.165, 1.54) is 12.8 Å².